The molecule has 0 unspecified atom stereocenters. The van der Waals surface area contributed by atoms with E-state index in [0.29, 0.717) is 18.8 Å². The largest absolute Gasteiger partial charge is 0.372 e. The summed E-state index contributed by atoms with van der Waals surface area (Å²) >= 11 is 0. The molecule has 6 heteroatoms. The van der Waals surface area contributed by atoms with Gasteiger partial charge in [-0.05, 0) is 57.4 Å². The summed E-state index contributed by atoms with van der Waals surface area (Å²) in [5.41, 5.74) is 3.45. The number of halogens is 1. The second kappa shape index (κ2) is 6.26. The first-order chi connectivity index (χ1) is 12.0. The maximum Gasteiger partial charge on any atom is 0.274 e. The standard InChI is InChI=1S/C19H22FN3O2/c1-12-10-22(11-13(2)25-12)19(24)18-16-4-3-5-17(16)23(21-18)15-8-6-14(20)7-9-15/h6-9,12-13H,3-5,10-11H2,1-2H3/t12-,13+. The number of rotatable bonds is 2. The molecule has 25 heavy (non-hydrogen) atoms. The zero-order valence-corrected chi connectivity index (χ0v) is 14.5. The van der Waals surface area contributed by atoms with Crippen LogP contribution < -0.4 is 0 Å². The Kier molecular flexibility index (Phi) is 4.07. The summed E-state index contributed by atoms with van der Waals surface area (Å²) in [5.74, 6) is -0.304. The molecule has 1 fully saturated rings. The van der Waals surface area contributed by atoms with E-state index < -0.39 is 0 Å². The van der Waals surface area contributed by atoms with E-state index >= 15 is 0 Å². The topological polar surface area (TPSA) is 47.4 Å². The van der Waals surface area contributed by atoms with E-state index in [9.17, 15) is 9.18 Å². The van der Waals surface area contributed by atoms with Crippen molar-refractivity contribution in [2.45, 2.75) is 45.3 Å². The van der Waals surface area contributed by atoms with E-state index in [-0.39, 0.29) is 23.9 Å². The maximum absolute atomic E-state index is 13.2. The minimum atomic E-state index is -0.278. The Morgan fingerprint density at radius 3 is 2.52 bits per heavy atom. The van der Waals surface area contributed by atoms with Gasteiger partial charge in [0.15, 0.2) is 5.69 Å². The van der Waals surface area contributed by atoms with Crippen LogP contribution in [-0.2, 0) is 17.6 Å². The summed E-state index contributed by atoms with van der Waals surface area (Å²) in [5, 5.41) is 4.62. The summed E-state index contributed by atoms with van der Waals surface area (Å²) in [6.45, 7) is 5.14. The minimum Gasteiger partial charge on any atom is -0.372 e. The van der Waals surface area contributed by atoms with Gasteiger partial charge in [0.2, 0.25) is 0 Å². The van der Waals surface area contributed by atoms with E-state index in [2.05, 4.69) is 5.10 Å². The van der Waals surface area contributed by atoms with Crippen molar-refractivity contribution in [2.24, 2.45) is 0 Å². The Hall–Kier alpha value is -2.21. The first kappa shape index (κ1) is 16.3. The lowest BCUT2D eigenvalue weighted by molar-refractivity contribution is -0.0587. The first-order valence-corrected chi connectivity index (χ1v) is 8.84. The van der Waals surface area contributed by atoms with Gasteiger partial charge in [-0.15, -0.1) is 0 Å². The average molecular weight is 343 g/mol. The zero-order chi connectivity index (χ0) is 17.6. The molecule has 4 rings (SSSR count). The maximum atomic E-state index is 13.2. The molecule has 0 spiro atoms. The Morgan fingerprint density at radius 1 is 1.16 bits per heavy atom. The number of benzene rings is 1. The number of fused-ring (bicyclic) bond motifs is 1. The van der Waals surface area contributed by atoms with E-state index in [0.717, 1.165) is 36.2 Å². The van der Waals surface area contributed by atoms with Crippen molar-refractivity contribution in [2.75, 3.05) is 13.1 Å². The highest BCUT2D eigenvalue weighted by atomic mass is 19.1. The van der Waals surface area contributed by atoms with Crippen molar-refractivity contribution >= 4 is 5.91 Å². The second-order valence-electron chi connectivity index (χ2n) is 6.98. The predicted octanol–water partition coefficient (Wildman–Crippen LogP) is 2.75. The molecule has 1 saturated heterocycles. The van der Waals surface area contributed by atoms with Gasteiger partial charge in [-0.3, -0.25) is 4.79 Å². The van der Waals surface area contributed by atoms with Gasteiger partial charge >= 0.3 is 0 Å². The smallest absolute Gasteiger partial charge is 0.274 e. The molecular weight excluding hydrogens is 321 g/mol. The van der Waals surface area contributed by atoms with Crippen molar-refractivity contribution < 1.29 is 13.9 Å². The van der Waals surface area contributed by atoms with Gasteiger partial charge in [-0.25, -0.2) is 9.07 Å². The van der Waals surface area contributed by atoms with Gasteiger partial charge in [-0.1, -0.05) is 0 Å². The normalized spacial score (nSPS) is 22.9. The van der Waals surface area contributed by atoms with Crippen LogP contribution in [0.2, 0.25) is 0 Å². The lowest BCUT2D eigenvalue weighted by Crippen LogP contribution is -2.48. The SMILES string of the molecule is C[C@@H]1CN(C(=O)c2nn(-c3ccc(F)cc3)c3c2CCC3)C[C@H](C)O1. The van der Waals surface area contributed by atoms with Crippen LogP contribution in [0.25, 0.3) is 5.69 Å². The van der Waals surface area contributed by atoms with Crippen molar-refractivity contribution in [1.82, 2.24) is 14.7 Å². The number of nitrogens with zero attached hydrogens (tertiary/aromatic N) is 3. The van der Waals surface area contributed by atoms with Gasteiger partial charge in [-0.2, -0.15) is 5.10 Å². The molecule has 2 aromatic rings. The molecule has 2 heterocycles. The van der Waals surface area contributed by atoms with Gasteiger partial charge in [0.05, 0.1) is 17.9 Å². The van der Waals surface area contributed by atoms with Crippen molar-refractivity contribution in [3.8, 4) is 5.69 Å². The fraction of sp³-hybridized carbons (Fsp3) is 0.474. The van der Waals surface area contributed by atoms with Gasteiger partial charge in [0, 0.05) is 24.3 Å². The molecule has 0 saturated carbocycles. The summed E-state index contributed by atoms with van der Waals surface area (Å²) in [6, 6.07) is 6.25. The molecule has 1 aromatic heterocycles. The predicted molar refractivity (Wildman–Crippen MR) is 91.5 cm³/mol. The quantitative estimate of drug-likeness (QED) is 0.842. The lowest BCUT2D eigenvalue weighted by Gasteiger charge is -2.35. The fourth-order valence-electron chi connectivity index (χ4n) is 3.90. The molecular formula is C19H22FN3O2. The summed E-state index contributed by atoms with van der Waals surface area (Å²) < 4.78 is 20.8. The Labute approximate surface area is 146 Å². The molecule has 0 radical (unpaired) electrons. The molecule has 1 aliphatic carbocycles. The van der Waals surface area contributed by atoms with E-state index in [4.69, 9.17) is 4.74 Å². The minimum absolute atomic E-state index is 0.0268. The van der Waals surface area contributed by atoms with Crippen LogP contribution in [0.5, 0.6) is 0 Å². The number of hydrogen-bond acceptors (Lipinski definition) is 3. The molecule has 0 N–H and O–H groups in total. The third-order valence-electron chi connectivity index (χ3n) is 4.91. The van der Waals surface area contributed by atoms with E-state index in [1.165, 1.54) is 12.1 Å². The number of amides is 1. The molecule has 132 valence electrons. The third-order valence-corrected chi connectivity index (χ3v) is 4.91. The molecule has 1 aliphatic heterocycles. The van der Waals surface area contributed by atoms with Crippen LogP contribution in [0, 0.1) is 5.82 Å². The zero-order valence-electron chi connectivity index (χ0n) is 14.5. The average Bonchev–Trinajstić information content (AvgIpc) is 3.16. The van der Waals surface area contributed by atoms with Crippen LogP contribution in [0.3, 0.4) is 0 Å². The van der Waals surface area contributed by atoms with Crippen molar-refractivity contribution in [3.05, 3.63) is 47.0 Å². The van der Waals surface area contributed by atoms with Crippen LogP contribution in [-0.4, -0.2) is 45.9 Å². The third kappa shape index (κ3) is 2.95. The van der Waals surface area contributed by atoms with Crippen LogP contribution in [0.15, 0.2) is 24.3 Å². The Balaban J connectivity index is 1.70. The Morgan fingerprint density at radius 2 is 1.84 bits per heavy atom. The lowest BCUT2D eigenvalue weighted by atomic mass is 10.1. The number of carbonyl (C=O) groups excluding carboxylic acids is 1. The van der Waals surface area contributed by atoms with Crippen LogP contribution >= 0.6 is 0 Å². The van der Waals surface area contributed by atoms with E-state index in [1.807, 2.05) is 23.4 Å². The summed E-state index contributed by atoms with van der Waals surface area (Å²) in [4.78, 5) is 14.9. The van der Waals surface area contributed by atoms with Crippen LogP contribution in [0.4, 0.5) is 4.39 Å². The molecule has 2 aliphatic rings. The fourth-order valence-corrected chi connectivity index (χ4v) is 3.90. The highest BCUT2D eigenvalue weighted by Gasteiger charge is 2.32. The highest BCUT2D eigenvalue weighted by molar-refractivity contribution is 5.94. The molecule has 0 bridgehead atoms. The second-order valence-corrected chi connectivity index (χ2v) is 6.98. The summed E-state index contributed by atoms with van der Waals surface area (Å²) in [6.07, 6.45) is 2.83. The number of aromatic nitrogens is 2. The van der Waals surface area contributed by atoms with Crippen LogP contribution in [0.1, 0.15) is 42.0 Å². The first-order valence-electron chi connectivity index (χ1n) is 8.84. The highest BCUT2D eigenvalue weighted by Crippen LogP contribution is 2.29. The number of ether oxygens (including phenoxy) is 1. The summed E-state index contributed by atoms with van der Waals surface area (Å²) in [7, 11) is 0. The number of morpholine rings is 1. The number of carbonyl (C=O) groups is 1. The molecule has 2 atom stereocenters. The molecule has 1 amide bonds. The van der Waals surface area contributed by atoms with Gasteiger partial charge < -0.3 is 9.64 Å². The monoisotopic (exact) mass is 343 g/mol. The molecule has 1 aromatic carbocycles. The molecule has 5 nitrogen and oxygen atoms in total. The number of hydrogen-bond donors (Lipinski definition) is 0. The van der Waals surface area contributed by atoms with Gasteiger partial charge in [0.1, 0.15) is 5.82 Å². The van der Waals surface area contributed by atoms with Gasteiger partial charge in [0.25, 0.3) is 5.91 Å². The van der Waals surface area contributed by atoms with Crippen molar-refractivity contribution in [1.29, 1.82) is 0 Å². The Bertz CT molecular complexity index is 790. The van der Waals surface area contributed by atoms with Crippen molar-refractivity contribution in [3.63, 3.8) is 0 Å². The van der Waals surface area contributed by atoms with E-state index in [1.54, 1.807) is 12.1 Å².